The molecule has 0 fully saturated rings. The summed E-state index contributed by atoms with van der Waals surface area (Å²) in [4.78, 5) is 11.4. The molecule has 0 aromatic carbocycles. The lowest BCUT2D eigenvalue weighted by molar-refractivity contribution is 0.0377. The van der Waals surface area contributed by atoms with Crippen molar-refractivity contribution >= 4 is 27.3 Å². The van der Waals surface area contributed by atoms with Crippen LogP contribution >= 0.6 is 11.3 Å². The Labute approximate surface area is 122 Å². The van der Waals surface area contributed by atoms with Crippen molar-refractivity contribution in [1.29, 1.82) is 0 Å². The molecule has 1 rings (SSSR count). The Morgan fingerprint density at radius 1 is 1.45 bits per heavy atom. The minimum atomic E-state index is -3.86. The number of esters is 1. The Hall–Kier alpha value is -0.960. The summed E-state index contributed by atoms with van der Waals surface area (Å²) >= 11 is 0.998. The van der Waals surface area contributed by atoms with Gasteiger partial charge in [0.05, 0.1) is 12.7 Å². The maximum atomic E-state index is 12.2. The van der Waals surface area contributed by atoms with E-state index in [0.717, 1.165) is 11.3 Å². The highest BCUT2D eigenvalue weighted by molar-refractivity contribution is 7.89. The SMILES string of the molecule is CCC(O)(CC)CNS(=O)(=O)c1ccsc1C(=O)OC. The zero-order valence-electron chi connectivity index (χ0n) is 11.7. The fourth-order valence-corrected chi connectivity index (χ4v) is 4.01. The van der Waals surface area contributed by atoms with Crippen molar-refractivity contribution in [3.63, 3.8) is 0 Å². The van der Waals surface area contributed by atoms with Crippen LogP contribution in [0.4, 0.5) is 0 Å². The Morgan fingerprint density at radius 2 is 2.05 bits per heavy atom. The number of hydrogen-bond acceptors (Lipinski definition) is 6. The number of thiophene rings is 1. The molecule has 0 bridgehead atoms. The highest BCUT2D eigenvalue weighted by Gasteiger charge is 2.28. The van der Waals surface area contributed by atoms with Gasteiger partial charge in [-0.05, 0) is 24.3 Å². The molecule has 0 atom stereocenters. The van der Waals surface area contributed by atoms with Gasteiger partial charge in [-0.2, -0.15) is 0 Å². The van der Waals surface area contributed by atoms with Gasteiger partial charge in [-0.3, -0.25) is 0 Å². The van der Waals surface area contributed by atoms with E-state index in [2.05, 4.69) is 9.46 Å². The molecule has 0 aliphatic carbocycles. The summed E-state index contributed by atoms with van der Waals surface area (Å²) in [7, 11) is -2.66. The van der Waals surface area contributed by atoms with Crippen molar-refractivity contribution in [3.05, 3.63) is 16.3 Å². The summed E-state index contributed by atoms with van der Waals surface area (Å²) in [5, 5.41) is 11.6. The molecule has 1 aromatic rings. The highest BCUT2D eigenvalue weighted by Crippen LogP contribution is 2.23. The molecular weight excluding hydrogens is 302 g/mol. The molecule has 0 spiro atoms. The second-order valence-corrected chi connectivity index (χ2v) is 7.01. The van der Waals surface area contributed by atoms with Crippen LogP contribution in [0.2, 0.25) is 0 Å². The summed E-state index contributed by atoms with van der Waals surface area (Å²) in [6.45, 7) is 3.46. The summed E-state index contributed by atoms with van der Waals surface area (Å²) < 4.78 is 31.3. The zero-order chi connectivity index (χ0) is 15.4. The first-order valence-electron chi connectivity index (χ1n) is 6.17. The Morgan fingerprint density at radius 3 is 2.55 bits per heavy atom. The molecule has 0 radical (unpaired) electrons. The summed E-state index contributed by atoms with van der Waals surface area (Å²) in [6, 6.07) is 1.34. The third-order valence-corrected chi connectivity index (χ3v) is 5.66. The molecule has 1 aromatic heterocycles. The number of hydrogen-bond donors (Lipinski definition) is 2. The van der Waals surface area contributed by atoms with E-state index in [1.54, 1.807) is 13.8 Å². The van der Waals surface area contributed by atoms with Crippen LogP contribution < -0.4 is 4.72 Å². The van der Waals surface area contributed by atoms with Gasteiger partial charge in [-0.15, -0.1) is 11.3 Å². The van der Waals surface area contributed by atoms with Gasteiger partial charge >= 0.3 is 5.97 Å². The summed E-state index contributed by atoms with van der Waals surface area (Å²) in [6.07, 6.45) is 0.860. The van der Waals surface area contributed by atoms with Gasteiger partial charge in [0.25, 0.3) is 0 Å². The molecule has 0 aliphatic heterocycles. The first-order chi connectivity index (χ1) is 9.29. The molecule has 20 heavy (non-hydrogen) atoms. The minimum Gasteiger partial charge on any atom is -0.465 e. The topological polar surface area (TPSA) is 92.7 Å². The summed E-state index contributed by atoms with van der Waals surface area (Å²) in [5.41, 5.74) is -1.09. The maximum Gasteiger partial charge on any atom is 0.349 e. The van der Waals surface area contributed by atoms with Crippen molar-refractivity contribution in [2.75, 3.05) is 13.7 Å². The van der Waals surface area contributed by atoms with Crippen LogP contribution in [-0.4, -0.2) is 38.7 Å². The molecule has 114 valence electrons. The molecule has 8 heteroatoms. The van der Waals surface area contributed by atoms with Crippen molar-refractivity contribution in [2.24, 2.45) is 0 Å². The molecule has 6 nitrogen and oxygen atoms in total. The van der Waals surface area contributed by atoms with E-state index in [1.165, 1.54) is 18.6 Å². The fraction of sp³-hybridized carbons (Fsp3) is 0.583. The van der Waals surface area contributed by atoms with Crippen LogP contribution in [0.15, 0.2) is 16.3 Å². The first-order valence-corrected chi connectivity index (χ1v) is 8.53. The normalized spacial score (nSPS) is 12.4. The number of sulfonamides is 1. The van der Waals surface area contributed by atoms with Crippen LogP contribution in [0.1, 0.15) is 36.4 Å². The van der Waals surface area contributed by atoms with Gasteiger partial charge in [-0.1, -0.05) is 13.8 Å². The molecule has 0 unspecified atom stereocenters. The average molecular weight is 321 g/mol. The van der Waals surface area contributed by atoms with E-state index in [1.807, 2.05) is 0 Å². The second kappa shape index (κ2) is 6.66. The van der Waals surface area contributed by atoms with Crippen molar-refractivity contribution in [2.45, 2.75) is 37.2 Å². The Balaban J connectivity index is 2.96. The standard InChI is InChI=1S/C12H19NO5S2/c1-4-12(15,5-2)8-13-20(16,17)9-6-7-19-10(9)11(14)18-3/h6-7,13,15H,4-5,8H2,1-3H3. The van der Waals surface area contributed by atoms with Gasteiger partial charge in [0.2, 0.25) is 10.0 Å². The third kappa shape index (κ3) is 3.78. The van der Waals surface area contributed by atoms with Gasteiger partial charge in [0, 0.05) is 6.54 Å². The number of aliphatic hydroxyl groups is 1. The van der Waals surface area contributed by atoms with Crippen LogP contribution in [0, 0.1) is 0 Å². The van der Waals surface area contributed by atoms with Gasteiger partial charge in [0.15, 0.2) is 0 Å². The molecule has 0 amide bonds. The fourth-order valence-electron chi connectivity index (χ4n) is 1.56. The number of rotatable bonds is 7. The van der Waals surface area contributed by atoms with E-state index in [-0.39, 0.29) is 16.3 Å². The van der Waals surface area contributed by atoms with Crippen LogP contribution in [-0.2, 0) is 14.8 Å². The lowest BCUT2D eigenvalue weighted by atomic mass is 9.98. The number of carbonyl (C=O) groups excluding carboxylic acids is 1. The average Bonchev–Trinajstić information content (AvgIpc) is 2.94. The lowest BCUT2D eigenvalue weighted by Crippen LogP contribution is -2.42. The van der Waals surface area contributed by atoms with E-state index in [9.17, 15) is 18.3 Å². The van der Waals surface area contributed by atoms with Crippen LogP contribution in [0.3, 0.4) is 0 Å². The molecule has 2 N–H and O–H groups in total. The number of methoxy groups -OCH3 is 1. The summed E-state index contributed by atoms with van der Waals surface area (Å²) in [5.74, 6) is -0.693. The third-order valence-electron chi connectivity index (χ3n) is 3.20. The quantitative estimate of drug-likeness (QED) is 0.740. The molecular formula is C12H19NO5S2. The smallest absolute Gasteiger partial charge is 0.349 e. The molecule has 0 saturated carbocycles. The van der Waals surface area contributed by atoms with E-state index < -0.39 is 21.6 Å². The molecule has 0 aliphatic rings. The molecule has 0 saturated heterocycles. The monoisotopic (exact) mass is 321 g/mol. The number of carbonyl (C=O) groups is 1. The Kier molecular flexibility index (Phi) is 5.69. The molecule has 1 heterocycles. The Bertz CT molecular complexity index is 560. The van der Waals surface area contributed by atoms with Crippen LogP contribution in [0.25, 0.3) is 0 Å². The predicted molar refractivity (Wildman–Crippen MR) is 76.4 cm³/mol. The van der Waals surface area contributed by atoms with E-state index in [0.29, 0.717) is 12.8 Å². The zero-order valence-corrected chi connectivity index (χ0v) is 13.3. The minimum absolute atomic E-state index is 0.0246. The predicted octanol–water partition coefficient (Wildman–Crippen LogP) is 1.36. The maximum absolute atomic E-state index is 12.2. The van der Waals surface area contributed by atoms with Crippen molar-refractivity contribution in [1.82, 2.24) is 4.72 Å². The highest BCUT2D eigenvalue weighted by atomic mass is 32.2. The second-order valence-electron chi connectivity index (χ2n) is 4.36. The van der Waals surface area contributed by atoms with E-state index >= 15 is 0 Å². The van der Waals surface area contributed by atoms with Gasteiger partial charge < -0.3 is 9.84 Å². The first kappa shape index (κ1) is 17.1. The lowest BCUT2D eigenvalue weighted by Gasteiger charge is -2.25. The van der Waals surface area contributed by atoms with Gasteiger partial charge in [0.1, 0.15) is 9.77 Å². The number of ether oxygens (including phenoxy) is 1. The number of nitrogens with one attached hydrogen (secondary N) is 1. The van der Waals surface area contributed by atoms with Crippen LogP contribution in [0.5, 0.6) is 0 Å². The largest absolute Gasteiger partial charge is 0.465 e. The van der Waals surface area contributed by atoms with Crippen molar-refractivity contribution < 1.29 is 23.1 Å². The van der Waals surface area contributed by atoms with E-state index in [4.69, 9.17) is 0 Å². The van der Waals surface area contributed by atoms with Gasteiger partial charge in [-0.25, -0.2) is 17.9 Å². The van der Waals surface area contributed by atoms with Crippen molar-refractivity contribution in [3.8, 4) is 0 Å².